The van der Waals surface area contributed by atoms with Gasteiger partial charge >= 0.3 is 0 Å². The van der Waals surface area contributed by atoms with Gasteiger partial charge < -0.3 is 4.57 Å². The molecule has 1 aromatic carbocycles. The molecule has 0 unspecified atom stereocenters. The van der Waals surface area contributed by atoms with Gasteiger partial charge in [-0.05, 0) is 30.0 Å². The maximum absolute atomic E-state index is 4.48. The average Bonchev–Trinajstić information content (AvgIpc) is 2.77. The van der Waals surface area contributed by atoms with Crippen LogP contribution >= 0.6 is 0 Å². The second-order valence-electron chi connectivity index (χ2n) is 5.40. The number of hydrogen-bond acceptors (Lipinski definition) is 1. The molecule has 0 N–H and O–H groups in total. The fraction of sp³-hybridized carbons (Fsp3) is 0.562. The lowest BCUT2D eigenvalue weighted by atomic mass is 10.0. The third kappa shape index (κ3) is 2.92. The normalized spacial score (nSPS) is 11.6. The molecule has 0 aliphatic rings. The Bertz CT molecular complexity index is 497. The molecule has 2 rings (SSSR count). The molecular weight excluding hydrogens is 220 g/mol. The van der Waals surface area contributed by atoms with Gasteiger partial charge in [-0.15, -0.1) is 0 Å². The number of aryl methyl sites for hydroxylation is 1. The van der Waals surface area contributed by atoms with Crippen LogP contribution in [-0.4, -0.2) is 9.55 Å². The SMILES string of the molecule is CCCCCCn1cnc2ccc(C(C)C)cc21. The number of benzene rings is 1. The van der Waals surface area contributed by atoms with E-state index in [1.54, 1.807) is 0 Å². The molecule has 0 radical (unpaired) electrons. The monoisotopic (exact) mass is 244 g/mol. The fourth-order valence-electron chi connectivity index (χ4n) is 2.32. The van der Waals surface area contributed by atoms with Crippen LogP contribution in [-0.2, 0) is 6.54 Å². The maximum atomic E-state index is 4.48. The number of hydrogen-bond donors (Lipinski definition) is 0. The zero-order chi connectivity index (χ0) is 13.0. The van der Waals surface area contributed by atoms with Gasteiger partial charge in [0.25, 0.3) is 0 Å². The molecule has 2 aromatic rings. The fourth-order valence-corrected chi connectivity index (χ4v) is 2.32. The van der Waals surface area contributed by atoms with Crippen LogP contribution in [0.25, 0.3) is 11.0 Å². The van der Waals surface area contributed by atoms with E-state index in [9.17, 15) is 0 Å². The molecule has 0 spiro atoms. The summed E-state index contributed by atoms with van der Waals surface area (Å²) in [4.78, 5) is 4.48. The number of aromatic nitrogens is 2. The van der Waals surface area contributed by atoms with Crippen LogP contribution in [0, 0.1) is 0 Å². The van der Waals surface area contributed by atoms with Crippen LogP contribution in [0.3, 0.4) is 0 Å². The molecule has 0 bridgehead atoms. The summed E-state index contributed by atoms with van der Waals surface area (Å²) < 4.78 is 2.30. The van der Waals surface area contributed by atoms with Crippen molar-refractivity contribution < 1.29 is 0 Å². The molecule has 0 aliphatic heterocycles. The topological polar surface area (TPSA) is 17.8 Å². The van der Waals surface area contributed by atoms with Crippen molar-refractivity contribution in [1.82, 2.24) is 9.55 Å². The van der Waals surface area contributed by atoms with Gasteiger partial charge in [0.05, 0.1) is 17.4 Å². The predicted octanol–water partition coefficient (Wildman–Crippen LogP) is 4.74. The second-order valence-corrected chi connectivity index (χ2v) is 5.40. The molecule has 0 atom stereocenters. The first-order valence-electron chi connectivity index (χ1n) is 7.17. The number of unbranched alkanes of at least 4 members (excludes halogenated alkanes) is 3. The van der Waals surface area contributed by atoms with Crippen molar-refractivity contribution in [1.29, 1.82) is 0 Å². The summed E-state index contributed by atoms with van der Waals surface area (Å²) in [7, 11) is 0. The van der Waals surface area contributed by atoms with Gasteiger partial charge in [-0.2, -0.15) is 0 Å². The van der Waals surface area contributed by atoms with Gasteiger partial charge in [0.1, 0.15) is 0 Å². The van der Waals surface area contributed by atoms with E-state index in [-0.39, 0.29) is 0 Å². The van der Waals surface area contributed by atoms with Crippen LogP contribution in [0.15, 0.2) is 24.5 Å². The quantitative estimate of drug-likeness (QED) is 0.671. The molecule has 1 aromatic heterocycles. The first kappa shape index (κ1) is 13.1. The summed E-state index contributed by atoms with van der Waals surface area (Å²) in [6, 6.07) is 6.64. The summed E-state index contributed by atoms with van der Waals surface area (Å²) in [5.41, 5.74) is 3.81. The van der Waals surface area contributed by atoms with Gasteiger partial charge in [0, 0.05) is 6.54 Å². The standard InChI is InChI=1S/C16H24N2/c1-4-5-6-7-10-18-12-17-15-9-8-14(13(2)3)11-16(15)18/h8-9,11-13H,4-7,10H2,1-3H3. The van der Waals surface area contributed by atoms with Crippen molar-refractivity contribution in [2.24, 2.45) is 0 Å². The Hall–Kier alpha value is -1.31. The highest BCUT2D eigenvalue weighted by Gasteiger charge is 2.05. The summed E-state index contributed by atoms with van der Waals surface area (Å²) in [6.45, 7) is 7.83. The molecule has 18 heavy (non-hydrogen) atoms. The zero-order valence-corrected chi connectivity index (χ0v) is 11.8. The molecule has 1 heterocycles. The van der Waals surface area contributed by atoms with Crippen molar-refractivity contribution in [2.45, 2.75) is 58.9 Å². The minimum absolute atomic E-state index is 0.581. The van der Waals surface area contributed by atoms with Gasteiger partial charge in [0.2, 0.25) is 0 Å². The molecule has 0 aliphatic carbocycles. The minimum atomic E-state index is 0.581. The summed E-state index contributed by atoms with van der Waals surface area (Å²) in [6.07, 6.45) is 7.19. The number of imidazole rings is 1. The molecule has 98 valence electrons. The Labute approximate surface area is 110 Å². The van der Waals surface area contributed by atoms with Crippen LogP contribution in [0.2, 0.25) is 0 Å². The molecule has 0 amide bonds. The number of nitrogens with zero attached hydrogens (tertiary/aromatic N) is 2. The minimum Gasteiger partial charge on any atom is -0.331 e. The summed E-state index contributed by atoms with van der Waals surface area (Å²) in [5.74, 6) is 0.581. The lowest BCUT2D eigenvalue weighted by Gasteiger charge is -2.07. The van der Waals surface area contributed by atoms with Crippen molar-refractivity contribution >= 4 is 11.0 Å². The van der Waals surface area contributed by atoms with E-state index < -0.39 is 0 Å². The molecule has 2 heteroatoms. The number of fused-ring (bicyclic) bond motifs is 1. The van der Waals surface area contributed by atoms with Crippen molar-refractivity contribution in [3.63, 3.8) is 0 Å². The van der Waals surface area contributed by atoms with Gasteiger partial charge in [-0.25, -0.2) is 4.98 Å². The van der Waals surface area contributed by atoms with Crippen molar-refractivity contribution in [2.75, 3.05) is 0 Å². The Kier molecular flexibility index (Phi) is 4.40. The highest BCUT2D eigenvalue weighted by molar-refractivity contribution is 5.76. The van der Waals surface area contributed by atoms with E-state index >= 15 is 0 Å². The Morgan fingerprint density at radius 2 is 2.00 bits per heavy atom. The van der Waals surface area contributed by atoms with Crippen molar-refractivity contribution in [3.05, 3.63) is 30.1 Å². The zero-order valence-electron chi connectivity index (χ0n) is 11.8. The second kappa shape index (κ2) is 6.03. The Morgan fingerprint density at radius 1 is 1.17 bits per heavy atom. The summed E-state index contributed by atoms with van der Waals surface area (Å²) in [5, 5.41) is 0. The highest BCUT2D eigenvalue weighted by Crippen LogP contribution is 2.21. The first-order valence-corrected chi connectivity index (χ1v) is 7.17. The van der Waals surface area contributed by atoms with Crippen LogP contribution in [0.4, 0.5) is 0 Å². The predicted molar refractivity (Wildman–Crippen MR) is 78.0 cm³/mol. The molecule has 0 saturated carbocycles. The Morgan fingerprint density at radius 3 is 2.72 bits per heavy atom. The van der Waals surface area contributed by atoms with E-state index in [0.717, 1.165) is 12.1 Å². The molecule has 0 saturated heterocycles. The molecule has 2 nitrogen and oxygen atoms in total. The third-order valence-electron chi connectivity index (χ3n) is 3.56. The lowest BCUT2D eigenvalue weighted by molar-refractivity contribution is 0.591. The highest BCUT2D eigenvalue weighted by atomic mass is 15.0. The first-order chi connectivity index (χ1) is 8.72. The smallest absolute Gasteiger partial charge is 0.0958 e. The van der Waals surface area contributed by atoms with E-state index in [4.69, 9.17) is 0 Å². The van der Waals surface area contributed by atoms with Gasteiger partial charge in [-0.1, -0.05) is 46.1 Å². The van der Waals surface area contributed by atoms with Gasteiger partial charge in [-0.3, -0.25) is 0 Å². The largest absolute Gasteiger partial charge is 0.331 e. The van der Waals surface area contributed by atoms with Crippen LogP contribution < -0.4 is 0 Å². The van der Waals surface area contributed by atoms with Crippen molar-refractivity contribution in [3.8, 4) is 0 Å². The number of rotatable bonds is 6. The van der Waals surface area contributed by atoms with Gasteiger partial charge in [0.15, 0.2) is 0 Å². The Balaban J connectivity index is 2.15. The van der Waals surface area contributed by atoms with Crippen LogP contribution in [0.5, 0.6) is 0 Å². The maximum Gasteiger partial charge on any atom is 0.0958 e. The van der Waals surface area contributed by atoms with Crippen LogP contribution in [0.1, 0.15) is 57.9 Å². The summed E-state index contributed by atoms with van der Waals surface area (Å²) >= 11 is 0. The van der Waals surface area contributed by atoms with E-state index in [0.29, 0.717) is 5.92 Å². The molecule has 0 fully saturated rings. The third-order valence-corrected chi connectivity index (χ3v) is 3.56. The lowest BCUT2D eigenvalue weighted by Crippen LogP contribution is -1.97. The van der Waals surface area contributed by atoms with E-state index in [2.05, 4.69) is 48.5 Å². The van der Waals surface area contributed by atoms with E-state index in [1.165, 1.54) is 36.8 Å². The van der Waals surface area contributed by atoms with E-state index in [1.807, 2.05) is 6.33 Å². The average molecular weight is 244 g/mol. The molecular formula is C16H24N2.